The van der Waals surface area contributed by atoms with E-state index in [1.165, 1.54) is 17.3 Å². The lowest BCUT2D eigenvalue weighted by Gasteiger charge is -2.17. The zero-order valence-corrected chi connectivity index (χ0v) is 19.6. The van der Waals surface area contributed by atoms with E-state index in [9.17, 15) is 9.59 Å². The first kappa shape index (κ1) is 21.5. The Morgan fingerprint density at radius 2 is 1.97 bits per heavy atom. The van der Waals surface area contributed by atoms with Crippen LogP contribution in [0.1, 0.15) is 42.1 Å². The van der Waals surface area contributed by atoms with Gasteiger partial charge in [-0.15, -0.1) is 0 Å². The van der Waals surface area contributed by atoms with E-state index in [-0.39, 0.29) is 30.0 Å². The molecule has 5 rings (SSSR count). The zero-order chi connectivity index (χ0) is 23.1. The molecular formula is C25H25N5O2S. The Kier molecular flexibility index (Phi) is 5.54. The Balaban J connectivity index is 1.41. The van der Waals surface area contributed by atoms with Gasteiger partial charge in [0.05, 0.1) is 24.0 Å². The molecule has 7 nitrogen and oxygen atoms in total. The summed E-state index contributed by atoms with van der Waals surface area (Å²) in [6.45, 7) is 6.07. The molecule has 33 heavy (non-hydrogen) atoms. The van der Waals surface area contributed by atoms with Crippen molar-refractivity contribution >= 4 is 28.7 Å². The Bertz CT molecular complexity index is 1410. The van der Waals surface area contributed by atoms with E-state index in [4.69, 9.17) is 4.98 Å². The van der Waals surface area contributed by atoms with Gasteiger partial charge in [-0.3, -0.25) is 14.2 Å². The number of aryl methyl sites for hydroxylation is 2. The number of hydrogen-bond donors (Lipinski definition) is 1. The van der Waals surface area contributed by atoms with Gasteiger partial charge >= 0.3 is 0 Å². The Labute approximate surface area is 195 Å². The van der Waals surface area contributed by atoms with Crippen LogP contribution in [0.5, 0.6) is 0 Å². The number of thioether (sulfide) groups is 1. The third-order valence-corrected chi connectivity index (χ3v) is 7.30. The summed E-state index contributed by atoms with van der Waals surface area (Å²) in [5.41, 5.74) is 4.67. The number of nitrogens with zero attached hydrogens (tertiary/aromatic N) is 4. The minimum Gasteiger partial charge on any atom is -0.350 e. The van der Waals surface area contributed by atoms with Crippen LogP contribution in [-0.4, -0.2) is 31.0 Å². The summed E-state index contributed by atoms with van der Waals surface area (Å²) in [4.78, 5) is 30.9. The van der Waals surface area contributed by atoms with Gasteiger partial charge in [0.1, 0.15) is 5.39 Å². The fourth-order valence-electron chi connectivity index (χ4n) is 4.17. The summed E-state index contributed by atoms with van der Waals surface area (Å²) < 4.78 is 3.37. The lowest BCUT2D eigenvalue weighted by atomic mass is 10.1. The van der Waals surface area contributed by atoms with E-state index in [2.05, 4.69) is 24.3 Å². The van der Waals surface area contributed by atoms with E-state index in [1.54, 1.807) is 15.4 Å². The molecule has 0 saturated carbocycles. The number of benzene rings is 2. The number of amides is 1. The van der Waals surface area contributed by atoms with Crippen LogP contribution in [-0.2, 0) is 4.79 Å². The van der Waals surface area contributed by atoms with E-state index < -0.39 is 0 Å². The molecule has 168 valence electrons. The minimum atomic E-state index is -0.234. The third kappa shape index (κ3) is 3.95. The van der Waals surface area contributed by atoms with Crippen molar-refractivity contribution < 1.29 is 4.79 Å². The van der Waals surface area contributed by atoms with Gasteiger partial charge in [0, 0.05) is 12.2 Å². The van der Waals surface area contributed by atoms with Crippen molar-refractivity contribution in [3.63, 3.8) is 0 Å². The second-order valence-electron chi connectivity index (χ2n) is 8.50. The molecule has 0 radical (unpaired) electrons. The summed E-state index contributed by atoms with van der Waals surface area (Å²) >= 11 is 1.51. The highest BCUT2D eigenvalue weighted by Gasteiger charge is 2.30. The number of rotatable bonds is 5. The lowest BCUT2D eigenvalue weighted by molar-refractivity contribution is -0.122. The number of carbonyl (C=O) groups is 1. The average molecular weight is 460 g/mol. The molecule has 2 aromatic carbocycles. The second kappa shape index (κ2) is 8.51. The maximum atomic E-state index is 13.3. The van der Waals surface area contributed by atoms with Crippen molar-refractivity contribution in [2.75, 3.05) is 5.75 Å². The molecule has 0 bridgehead atoms. The van der Waals surface area contributed by atoms with Gasteiger partial charge in [-0.2, -0.15) is 5.10 Å². The van der Waals surface area contributed by atoms with Gasteiger partial charge in [-0.25, -0.2) is 9.67 Å². The predicted octanol–water partition coefficient (Wildman–Crippen LogP) is 4.11. The van der Waals surface area contributed by atoms with E-state index in [0.717, 1.165) is 16.8 Å². The normalized spacial score (nSPS) is 16.0. The van der Waals surface area contributed by atoms with Crippen LogP contribution < -0.4 is 10.9 Å². The fraction of sp³-hybridized carbons (Fsp3) is 0.280. The van der Waals surface area contributed by atoms with Crippen molar-refractivity contribution in [2.45, 2.75) is 44.4 Å². The molecule has 2 aromatic heterocycles. The lowest BCUT2D eigenvalue weighted by Crippen LogP contribution is -2.32. The molecule has 4 aromatic rings. The summed E-state index contributed by atoms with van der Waals surface area (Å²) in [7, 11) is 0. The highest BCUT2D eigenvalue weighted by molar-refractivity contribution is 7.99. The molecule has 3 heterocycles. The highest BCUT2D eigenvalue weighted by Crippen LogP contribution is 2.33. The molecule has 1 aliphatic heterocycles. The molecule has 0 spiro atoms. The Morgan fingerprint density at radius 3 is 2.73 bits per heavy atom. The number of aromatic nitrogens is 4. The van der Waals surface area contributed by atoms with Crippen molar-refractivity contribution in [1.82, 2.24) is 24.6 Å². The second-order valence-corrected chi connectivity index (χ2v) is 9.49. The molecule has 2 atom stereocenters. The molecule has 2 unspecified atom stereocenters. The topological polar surface area (TPSA) is 81.8 Å². The number of nitrogens with one attached hydrogen (secondary N) is 1. The van der Waals surface area contributed by atoms with Gasteiger partial charge < -0.3 is 5.32 Å². The van der Waals surface area contributed by atoms with Crippen molar-refractivity contribution in [3.8, 4) is 5.69 Å². The smallest absolute Gasteiger partial charge is 0.265 e. The van der Waals surface area contributed by atoms with Crippen LogP contribution in [0.3, 0.4) is 0 Å². The highest BCUT2D eigenvalue weighted by atomic mass is 32.2. The quantitative estimate of drug-likeness (QED) is 0.454. The standard InChI is InChI=1S/C25H25N5O2S/c1-15-9-10-19(11-16(15)2)30-23-21(13-26-30)24(32)29-20(14-33-25(29)28-23)12-22(31)27-17(3)18-7-5-4-6-8-18/h4-11,13,17,20H,12,14H2,1-3H3,(H,27,31). The van der Waals surface area contributed by atoms with E-state index >= 15 is 0 Å². The summed E-state index contributed by atoms with van der Waals surface area (Å²) in [5, 5.41) is 8.59. The van der Waals surface area contributed by atoms with Gasteiger partial charge in [0.2, 0.25) is 5.91 Å². The molecule has 0 saturated heterocycles. The van der Waals surface area contributed by atoms with Crippen molar-refractivity contribution in [1.29, 1.82) is 0 Å². The average Bonchev–Trinajstić information content (AvgIpc) is 3.41. The Hall–Kier alpha value is -3.39. The van der Waals surface area contributed by atoms with Crippen LogP contribution in [0.15, 0.2) is 64.7 Å². The van der Waals surface area contributed by atoms with Gasteiger partial charge in [0.15, 0.2) is 10.8 Å². The van der Waals surface area contributed by atoms with E-state index in [1.807, 2.05) is 55.5 Å². The van der Waals surface area contributed by atoms with Crippen LogP contribution >= 0.6 is 11.8 Å². The van der Waals surface area contributed by atoms with Gasteiger partial charge in [-0.05, 0) is 49.6 Å². The summed E-state index contributed by atoms with van der Waals surface area (Å²) in [5.74, 6) is 0.557. The maximum Gasteiger partial charge on any atom is 0.265 e. The zero-order valence-electron chi connectivity index (χ0n) is 18.8. The van der Waals surface area contributed by atoms with Crippen LogP contribution in [0, 0.1) is 13.8 Å². The molecule has 8 heteroatoms. The molecule has 1 amide bonds. The monoisotopic (exact) mass is 459 g/mol. The molecule has 0 aliphatic carbocycles. The first-order valence-electron chi connectivity index (χ1n) is 11.0. The molecule has 1 N–H and O–H groups in total. The van der Waals surface area contributed by atoms with Crippen LogP contribution in [0.2, 0.25) is 0 Å². The van der Waals surface area contributed by atoms with Crippen LogP contribution in [0.25, 0.3) is 16.7 Å². The SMILES string of the molecule is Cc1ccc(-n2ncc3c(=O)n4c(nc32)SCC4CC(=O)NC(C)c2ccccc2)cc1C. The first-order valence-corrected chi connectivity index (χ1v) is 12.0. The summed E-state index contributed by atoms with van der Waals surface area (Å²) in [6, 6.07) is 15.6. The van der Waals surface area contributed by atoms with Gasteiger partial charge in [0.25, 0.3) is 5.56 Å². The van der Waals surface area contributed by atoms with Gasteiger partial charge in [-0.1, -0.05) is 48.2 Å². The van der Waals surface area contributed by atoms with Crippen molar-refractivity contribution in [2.24, 2.45) is 0 Å². The van der Waals surface area contributed by atoms with Crippen molar-refractivity contribution in [3.05, 3.63) is 81.8 Å². The third-order valence-electron chi connectivity index (χ3n) is 6.20. The maximum absolute atomic E-state index is 13.3. The number of carbonyl (C=O) groups excluding carboxylic acids is 1. The molecule has 0 fully saturated rings. The predicted molar refractivity (Wildman–Crippen MR) is 130 cm³/mol. The van der Waals surface area contributed by atoms with Crippen LogP contribution in [0.4, 0.5) is 0 Å². The molecule has 1 aliphatic rings. The van der Waals surface area contributed by atoms with E-state index in [0.29, 0.717) is 21.9 Å². The Morgan fingerprint density at radius 1 is 1.18 bits per heavy atom. The number of hydrogen-bond acceptors (Lipinski definition) is 5. The molecular weight excluding hydrogens is 434 g/mol. The summed E-state index contributed by atoms with van der Waals surface area (Å²) in [6.07, 6.45) is 1.81. The fourth-order valence-corrected chi connectivity index (χ4v) is 5.30. The first-order chi connectivity index (χ1) is 15.9. The largest absolute Gasteiger partial charge is 0.350 e. The minimum absolute atomic E-state index is 0.0809. The number of fused-ring (bicyclic) bond motifs is 2.